The number of hydrogen-bond acceptors (Lipinski definition) is 1. The molecule has 0 aromatic heterocycles. The molecule has 1 saturated heterocycles. The van der Waals surface area contributed by atoms with Gasteiger partial charge in [0.05, 0.1) is 0 Å². The molecular formula is C13H17F2N. The molecular weight excluding hydrogens is 208 g/mol. The number of benzene rings is 1. The lowest BCUT2D eigenvalue weighted by Gasteiger charge is -2.28. The quantitative estimate of drug-likeness (QED) is 0.815. The average molecular weight is 225 g/mol. The van der Waals surface area contributed by atoms with Crippen LogP contribution in [0, 0.1) is 11.6 Å². The first-order valence-electron chi connectivity index (χ1n) is 5.85. The van der Waals surface area contributed by atoms with Crippen LogP contribution in [0.15, 0.2) is 18.2 Å². The van der Waals surface area contributed by atoms with Crippen LogP contribution < -0.4 is 5.32 Å². The topological polar surface area (TPSA) is 12.0 Å². The SMILES string of the molecule is CC1CCCC(Cc2ccc(F)c(F)c2)N1. The summed E-state index contributed by atoms with van der Waals surface area (Å²) >= 11 is 0. The lowest BCUT2D eigenvalue weighted by molar-refractivity contribution is 0.333. The minimum atomic E-state index is -0.770. The maximum absolute atomic E-state index is 13.0. The first-order chi connectivity index (χ1) is 7.65. The molecule has 16 heavy (non-hydrogen) atoms. The molecule has 88 valence electrons. The second-order valence-corrected chi connectivity index (χ2v) is 4.65. The van der Waals surface area contributed by atoms with Crippen molar-refractivity contribution in [2.75, 3.05) is 0 Å². The Hall–Kier alpha value is -0.960. The van der Waals surface area contributed by atoms with Gasteiger partial charge in [-0.25, -0.2) is 8.78 Å². The average Bonchev–Trinajstić information content (AvgIpc) is 2.24. The van der Waals surface area contributed by atoms with Gasteiger partial charge in [-0.1, -0.05) is 12.5 Å². The molecule has 0 radical (unpaired) electrons. The zero-order valence-electron chi connectivity index (χ0n) is 9.47. The number of nitrogens with one attached hydrogen (secondary N) is 1. The van der Waals surface area contributed by atoms with Crippen LogP contribution >= 0.6 is 0 Å². The number of hydrogen-bond donors (Lipinski definition) is 1. The maximum atomic E-state index is 13.0. The van der Waals surface area contributed by atoms with E-state index in [1.807, 2.05) is 0 Å². The molecule has 0 aliphatic carbocycles. The summed E-state index contributed by atoms with van der Waals surface area (Å²) in [6.07, 6.45) is 4.31. The fourth-order valence-corrected chi connectivity index (χ4v) is 2.35. The van der Waals surface area contributed by atoms with E-state index in [-0.39, 0.29) is 0 Å². The van der Waals surface area contributed by atoms with E-state index in [1.54, 1.807) is 6.07 Å². The molecule has 0 spiro atoms. The van der Waals surface area contributed by atoms with Gasteiger partial charge in [0.1, 0.15) is 0 Å². The van der Waals surface area contributed by atoms with E-state index in [0.29, 0.717) is 12.1 Å². The third-order valence-electron chi connectivity index (χ3n) is 3.18. The van der Waals surface area contributed by atoms with E-state index in [0.717, 1.165) is 18.4 Å². The number of piperidine rings is 1. The van der Waals surface area contributed by atoms with Crippen LogP contribution in [0.2, 0.25) is 0 Å². The van der Waals surface area contributed by atoms with E-state index in [2.05, 4.69) is 12.2 Å². The summed E-state index contributed by atoms with van der Waals surface area (Å²) in [5.74, 6) is -1.52. The lowest BCUT2D eigenvalue weighted by atomic mass is 9.94. The molecule has 1 aromatic rings. The fourth-order valence-electron chi connectivity index (χ4n) is 2.35. The summed E-state index contributed by atoms with van der Waals surface area (Å²) in [5.41, 5.74) is 0.866. The normalized spacial score (nSPS) is 25.7. The molecule has 0 amide bonds. The monoisotopic (exact) mass is 225 g/mol. The van der Waals surface area contributed by atoms with Gasteiger partial charge in [0.15, 0.2) is 11.6 Å². The highest BCUT2D eigenvalue weighted by Crippen LogP contribution is 2.17. The Bertz CT molecular complexity index is 365. The van der Waals surface area contributed by atoms with Gasteiger partial charge >= 0.3 is 0 Å². The van der Waals surface area contributed by atoms with E-state index in [1.165, 1.54) is 25.0 Å². The Kier molecular flexibility index (Phi) is 3.54. The molecule has 1 aromatic carbocycles. The minimum absolute atomic E-state index is 0.397. The fraction of sp³-hybridized carbons (Fsp3) is 0.538. The van der Waals surface area contributed by atoms with Crippen LogP contribution in [0.3, 0.4) is 0 Å². The zero-order chi connectivity index (χ0) is 11.5. The summed E-state index contributed by atoms with van der Waals surface area (Å²) in [7, 11) is 0. The van der Waals surface area contributed by atoms with Crippen molar-refractivity contribution in [2.45, 2.75) is 44.7 Å². The smallest absolute Gasteiger partial charge is 0.159 e. The Morgan fingerprint density at radius 1 is 1.25 bits per heavy atom. The lowest BCUT2D eigenvalue weighted by Crippen LogP contribution is -2.41. The van der Waals surface area contributed by atoms with Gasteiger partial charge in [-0.3, -0.25) is 0 Å². The second kappa shape index (κ2) is 4.91. The Balaban J connectivity index is 2.00. The van der Waals surface area contributed by atoms with Crippen molar-refractivity contribution < 1.29 is 8.78 Å². The molecule has 1 N–H and O–H groups in total. The molecule has 1 nitrogen and oxygen atoms in total. The van der Waals surface area contributed by atoms with Gasteiger partial charge in [-0.2, -0.15) is 0 Å². The van der Waals surface area contributed by atoms with Crippen molar-refractivity contribution >= 4 is 0 Å². The largest absolute Gasteiger partial charge is 0.311 e. The molecule has 0 bridgehead atoms. The van der Waals surface area contributed by atoms with E-state index in [4.69, 9.17) is 0 Å². The van der Waals surface area contributed by atoms with Gasteiger partial charge < -0.3 is 5.32 Å². The molecule has 2 atom stereocenters. The van der Waals surface area contributed by atoms with Crippen molar-refractivity contribution in [3.05, 3.63) is 35.4 Å². The summed E-state index contributed by atoms with van der Waals surface area (Å²) in [6.45, 7) is 2.16. The van der Waals surface area contributed by atoms with Gasteiger partial charge in [0.2, 0.25) is 0 Å². The summed E-state index contributed by atoms with van der Waals surface area (Å²) < 4.78 is 25.8. The van der Waals surface area contributed by atoms with Crippen molar-refractivity contribution in [2.24, 2.45) is 0 Å². The van der Waals surface area contributed by atoms with Crippen LogP contribution in [-0.2, 0) is 6.42 Å². The molecule has 0 saturated carbocycles. The van der Waals surface area contributed by atoms with Crippen molar-refractivity contribution in [3.8, 4) is 0 Å². The highest BCUT2D eigenvalue weighted by atomic mass is 19.2. The standard InChI is InChI=1S/C13H17F2N/c1-9-3-2-4-11(16-9)7-10-5-6-12(14)13(15)8-10/h5-6,8-9,11,16H,2-4,7H2,1H3. The Morgan fingerprint density at radius 2 is 2.06 bits per heavy atom. The van der Waals surface area contributed by atoms with Gasteiger partial charge in [-0.05, 0) is 43.9 Å². The molecule has 1 heterocycles. The van der Waals surface area contributed by atoms with Crippen LogP contribution in [0.1, 0.15) is 31.7 Å². The third kappa shape index (κ3) is 2.79. The minimum Gasteiger partial charge on any atom is -0.311 e. The second-order valence-electron chi connectivity index (χ2n) is 4.65. The third-order valence-corrected chi connectivity index (χ3v) is 3.18. The molecule has 2 unspecified atom stereocenters. The predicted molar refractivity (Wildman–Crippen MR) is 60.3 cm³/mol. The van der Waals surface area contributed by atoms with E-state index >= 15 is 0 Å². The van der Waals surface area contributed by atoms with Crippen LogP contribution in [0.25, 0.3) is 0 Å². The van der Waals surface area contributed by atoms with Crippen LogP contribution in [-0.4, -0.2) is 12.1 Å². The number of halogens is 2. The maximum Gasteiger partial charge on any atom is 0.159 e. The first kappa shape index (κ1) is 11.5. The summed E-state index contributed by atoms with van der Waals surface area (Å²) in [5, 5.41) is 3.48. The first-order valence-corrected chi connectivity index (χ1v) is 5.85. The molecule has 1 fully saturated rings. The van der Waals surface area contributed by atoms with Gasteiger partial charge in [-0.15, -0.1) is 0 Å². The molecule has 2 rings (SSSR count). The zero-order valence-corrected chi connectivity index (χ0v) is 9.47. The highest BCUT2D eigenvalue weighted by molar-refractivity contribution is 5.19. The Labute approximate surface area is 94.9 Å². The molecule has 1 aliphatic rings. The predicted octanol–water partition coefficient (Wildman–Crippen LogP) is 3.04. The van der Waals surface area contributed by atoms with Crippen molar-refractivity contribution in [3.63, 3.8) is 0 Å². The van der Waals surface area contributed by atoms with Crippen molar-refractivity contribution in [1.29, 1.82) is 0 Å². The summed E-state index contributed by atoms with van der Waals surface area (Å²) in [6, 6.07) is 5.10. The summed E-state index contributed by atoms with van der Waals surface area (Å²) in [4.78, 5) is 0. The van der Waals surface area contributed by atoms with Crippen LogP contribution in [0.4, 0.5) is 8.78 Å². The number of rotatable bonds is 2. The van der Waals surface area contributed by atoms with Crippen LogP contribution in [0.5, 0.6) is 0 Å². The Morgan fingerprint density at radius 3 is 2.75 bits per heavy atom. The molecule has 3 heteroatoms. The van der Waals surface area contributed by atoms with Gasteiger partial charge in [0.25, 0.3) is 0 Å². The van der Waals surface area contributed by atoms with Crippen molar-refractivity contribution in [1.82, 2.24) is 5.32 Å². The molecule has 1 aliphatic heterocycles. The highest BCUT2D eigenvalue weighted by Gasteiger charge is 2.18. The van der Waals surface area contributed by atoms with E-state index < -0.39 is 11.6 Å². The van der Waals surface area contributed by atoms with E-state index in [9.17, 15) is 8.78 Å². The van der Waals surface area contributed by atoms with Gasteiger partial charge in [0, 0.05) is 12.1 Å².